The topological polar surface area (TPSA) is 47.7 Å². The van der Waals surface area contributed by atoms with Crippen LogP contribution in [0.3, 0.4) is 0 Å². The number of rotatable bonds is 6. The van der Waals surface area contributed by atoms with Crippen LogP contribution >= 0.6 is 0 Å². The minimum absolute atomic E-state index is 0.270. The Morgan fingerprint density at radius 2 is 2.16 bits per heavy atom. The molecule has 0 amide bonds. The number of halogens is 1. The van der Waals surface area contributed by atoms with E-state index in [9.17, 15) is 4.39 Å². The summed E-state index contributed by atoms with van der Waals surface area (Å²) in [5.74, 6) is -0.270. The van der Waals surface area contributed by atoms with Crippen LogP contribution < -0.4 is 5.32 Å². The van der Waals surface area contributed by atoms with Crippen molar-refractivity contribution in [1.29, 1.82) is 0 Å². The minimum atomic E-state index is -0.270. The Morgan fingerprint density at radius 3 is 2.79 bits per heavy atom. The third-order valence-corrected chi connectivity index (χ3v) is 3.01. The van der Waals surface area contributed by atoms with Gasteiger partial charge >= 0.3 is 0 Å². The molecular formula is C13H20FN5. The number of hydrogen-bond donors (Lipinski definition) is 1. The Labute approximate surface area is 112 Å². The molecule has 5 nitrogen and oxygen atoms in total. The molecule has 104 valence electrons. The normalized spacial score (nSPS) is 10.9. The molecule has 19 heavy (non-hydrogen) atoms. The van der Waals surface area contributed by atoms with Gasteiger partial charge in [0.15, 0.2) is 0 Å². The molecule has 0 aliphatic rings. The van der Waals surface area contributed by atoms with E-state index in [1.54, 1.807) is 6.20 Å². The first kappa shape index (κ1) is 13.6. The Kier molecular flexibility index (Phi) is 4.19. The van der Waals surface area contributed by atoms with Crippen molar-refractivity contribution in [2.75, 3.05) is 5.32 Å². The lowest BCUT2D eigenvalue weighted by atomic mass is 10.3. The molecule has 0 atom stereocenters. The smallest absolute Gasteiger partial charge is 0.216 e. The second-order valence-electron chi connectivity index (χ2n) is 4.52. The second-order valence-corrected chi connectivity index (χ2v) is 4.52. The van der Waals surface area contributed by atoms with E-state index in [0.717, 1.165) is 24.3 Å². The van der Waals surface area contributed by atoms with Gasteiger partial charge in [-0.1, -0.05) is 6.92 Å². The first-order valence-corrected chi connectivity index (χ1v) is 6.63. The zero-order valence-electron chi connectivity index (χ0n) is 11.6. The van der Waals surface area contributed by atoms with Gasteiger partial charge in [0.2, 0.25) is 5.95 Å². The molecule has 2 aromatic heterocycles. The van der Waals surface area contributed by atoms with Gasteiger partial charge in [-0.3, -0.25) is 4.68 Å². The average Bonchev–Trinajstić information content (AvgIpc) is 2.91. The quantitative estimate of drug-likeness (QED) is 0.873. The van der Waals surface area contributed by atoms with Gasteiger partial charge < -0.3 is 5.32 Å². The fourth-order valence-corrected chi connectivity index (χ4v) is 1.97. The first-order valence-electron chi connectivity index (χ1n) is 6.63. The molecule has 0 fully saturated rings. The number of aromatic nitrogens is 4. The van der Waals surface area contributed by atoms with Crippen LogP contribution in [0.15, 0.2) is 12.4 Å². The number of nitrogens with one attached hydrogen (secondary N) is 1. The van der Waals surface area contributed by atoms with Gasteiger partial charge in [0.05, 0.1) is 17.6 Å². The van der Waals surface area contributed by atoms with E-state index in [1.807, 2.05) is 24.7 Å². The molecule has 0 unspecified atom stereocenters. The molecular weight excluding hydrogens is 245 g/mol. The van der Waals surface area contributed by atoms with Crippen LogP contribution in [0.25, 0.3) is 0 Å². The van der Waals surface area contributed by atoms with Crippen LogP contribution in [-0.4, -0.2) is 19.6 Å². The summed E-state index contributed by atoms with van der Waals surface area (Å²) in [4.78, 5) is 0. The van der Waals surface area contributed by atoms with E-state index in [4.69, 9.17) is 0 Å². The van der Waals surface area contributed by atoms with E-state index in [1.165, 1.54) is 4.68 Å². The van der Waals surface area contributed by atoms with Crippen molar-refractivity contribution >= 4 is 5.69 Å². The largest absolute Gasteiger partial charge is 0.378 e. The van der Waals surface area contributed by atoms with E-state index >= 15 is 0 Å². The molecule has 1 N–H and O–H groups in total. The second kappa shape index (κ2) is 5.86. The highest BCUT2D eigenvalue weighted by Gasteiger charge is 2.10. The highest BCUT2D eigenvalue weighted by molar-refractivity contribution is 5.45. The maximum Gasteiger partial charge on any atom is 0.216 e. The van der Waals surface area contributed by atoms with Crippen molar-refractivity contribution in [3.63, 3.8) is 0 Å². The van der Waals surface area contributed by atoms with Crippen molar-refractivity contribution in [2.45, 2.75) is 46.8 Å². The maximum atomic E-state index is 13.8. The molecule has 6 heteroatoms. The van der Waals surface area contributed by atoms with E-state index in [0.29, 0.717) is 18.7 Å². The van der Waals surface area contributed by atoms with Crippen LogP contribution in [0, 0.1) is 12.9 Å². The minimum Gasteiger partial charge on any atom is -0.378 e. The van der Waals surface area contributed by atoms with Gasteiger partial charge in [-0.25, -0.2) is 4.68 Å². The van der Waals surface area contributed by atoms with Crippen molar-refractivity contribution in [3.8, 4) is 0 Å². The number of anilines is 1. The van der Waals surface area contributed by atoms with Crippen LogP contribution in [0.2, 0.25) is 0 Å². The third kappa shape index (κ3) is 2.94. The number of nitrogens with zero attached hydrogens (tertiary/aromatic N) is 4. The van der Waals surface area contributed by atoms with E-state index < -0.39 is 0 Å². The molecule has 0 saturated carbocycles. The fraction of sp³-hybridized carbons (Fsp3) is 0.538. The molecule has 0 bridgehead atoms. The van der Waals surface area contributed by atoms with Gasteiger partial charge in [0.1, 0.15) is 0 Å². The van der Waals surface area contributed by atoms with Crippen LogP contribution in [0.5, 0.6) is 0 Å². The monoisotopic (exact) mass is 265 g/mol. The molecule has 2 rings (SSSR count). The number of hydrogen-bond acceptors (Lipinski definition) is 3. The van der Waals surface area contributed by atoms with Crippen molar-refractivity contribution in [1.82, 2.24) is 19.6 Å². The lowest BCUT2D eigenvalue weighted by Gasteiger charge is -2.03. The molecule has 0 spiro atoms. The summed E-state index contributed by atoms with van der Waals surface area (Å²) in [5.41, 5.74) is 2.44. The Balaban J connectivity index is 2.03. The molecule has 0 aliphatic heterocycles. The molecule has 0 saturated heterocycles. The highest BCUT2D eigenvalue weighted by atomic mass is 19.1. The van der Waals surface area contributed by atoms with Crippen LogP contribution in [0.4, 0.5) is 10.1 Å². The van der Waals surface area contributed by atoms with Crippen LogP contribution in [0.1, 0.15) is 31.5 Å². The van der Waals surface area contributed by atoms with Gasteiger partial charge in [-0.2, -0.15) is 14.6 Å². The fourth-order valence-electron chi connectivity index (χ4n) is 1.97. The summed E-state index contributed by atoms with van der Waals surface area (Å²) in [6.45, 7) is 7.78. The SMILES string of the molecule is CCCn1cc(NCc2cnn(CC)c2F)c(C)n1. The maximum absolute atomic E-state index is 13.8. The molecule has 0 aromatic carbocycles. The molecule has 0 aliphatic carbocycles. The Hall–Kier alpha value is -1.85. The van der Waals surface area contributed by atoms with Crippen molar-refractivity contribution < 1.29 is 4.39 Å². The Morgan fingerprint density at radius 1 is 1.37 bits per heavy atom. The van der Waals surface area contributed by atoms with Crippen LogP contribution in [-0.2, 0) is 19.6 Å². The van der Waals surface area contributed by atoms with Crippen molar-refractivity contribution in [2.24, 2.45) is 0 Å². The molecule has 2 aromatic rings. The van der Waals surface area contributed by atoms with Gasteiger partial charge in [0, 0.05) is 31.4 Å². The molecule has 2 heterocycles. The van der Waals surface area contributed by atoms with E-state index in [-0.39, 0.29) is 5.95 Å². The summed E-state index contributed by atoms with van der Waals surface area (Å²) < 4.78 is 17.1. The summed E-state index contributed by atoms with van der Waals surface area (Å²) >= 11 is 0. The average molecular weight is 265 g/mol. The predicted octanol–water partition coefficient (Wildman–Crippen LogP) is 2.57. The van der Waals surface area contributed by atoms with Crippen molar-refractivity contribution in [3.05, 3.63) is 29.6 Å². The first-order chi connectivity index (χ1) is 9.15. The third-order valence-electron chi connectivity index (χ3n) is 3.01. The lowest BCUT2D eigenvalue weighted by Crippen LogP contribution is -2.04. The van der Waals surface area contributed by atoms with Gasteiger partial charge in [-0.15, -0.1) is 0 Å². The summed E-state index contributed by atoms with van der Waals surface area (Å²) in [7, 11) is 0. The van der Waals surface area contributed by atoms with Gasteiger partial charge in [-0.05, 0) is 20.3 Å². The van der Waals surface area contributed by atoms with E-state index in [2.05, 4.69) is 22.4 Å². The number of aryl methyl sites for hydroxylation is 3. The summed E-state index contributed by atoms with van der Waals surface area (Å²) in [6, 6.07) is 0. The summed E-state index contributed by atoms with van der Waals surface area (Å²) in [5, 5.41) is 11.6. The lowest BCUT2D eigenvalue weighted by molar-refractivity contribution is 0.465. The van der Waals surface area contributed by atoms with Gasteiger partial charge in [0.25, 0.3) is 0 Å². The Bertz CT molecular complexity index is 543. The zero-order chi connectivity index (χ0) is 13.8. The molecule has 0 radical (unpaired) electrons. The standard InChI is InChI=1S/C13H20FN5/c1-4-6-18-9-12(10(3)17-18)15-7-11-8-16-19(5-2)13(11)14/h8-9,15H,4-7H2,1-3H3. The summed E-state index contributed by atoms with van der Waals surface area (Å²) in [6.07, 6.45) is 4.57. The highest BCUT2D eigenvalue weighted by Crippen LogP contribution is 2.15. The predicted molar refractivity (Wildman–Crippen MR) is 72.4 cm³/mol. The zero-order valence-corrected chi connectivity index (χ0v) is 11.6.